The molecule has 188 valence electrons. The van der Waals surface area contributed by atoms with Gasteiger partial charge in [0.1, 0.15) is 0 Å². The highest BCUT2D eigenvalue weighted by atomic mass is 14.9. The minimum Gasteiger partial charge on any atom is -0.356 e. The average molecular weight is 486 g/mol. The Kier molecular flexibility index (Phi) is 4.94. The molecule has 1 N–H and O–H groups in total. The van der Waals surface area contributed by atoms with Crippen molar-refractivity contribution < 1.29 is 0 Å². The van der Waals surface area contributed by atoms with E-state index in [0.29, 0.717) is 0 Å². The predicted molar refractivity (Wildman–Crippen MR) is 158 cm³/mol. The van der Waals surface area contributed by atoms with Crippen molar-refractivity contribution in [3.05, 3.63) is 129 Å². The lowest BCUT2D eigenvalue weighted by atomic mass is 9.60. The van der Waals surface area contributed by atoms with Crippen molar-refractivity contribution in [1.29, 1.82) is 0 Å². The van der Waals surface area contributed by atoms with E-state index in [-0.39, 0.29) is 21.7 Å². The largest absolute Gasteiger partial charge is 0.356 e. The van der Waals surface area contributed by atoms with Crippen LogP contribution in [0.2, 0.25) is 0 Å². The molecule has 0 unspecified atom stereocenters. The molecule has 0 fully saturated rings. The van der Waals surface area contributed by atoms with Crippen LogP contribution in [0, 0.1) is 0 Å². The molecule has 0 radical (unpaired) electrons. The Morgan fingerprint density at radius 3 is 0.946 bits per heavy atom. The van der Waals surface area contributed by atoms with Crippen LogP contribution in [0.15, 0.2) is 84.9 Å². The summed E-state index contributed by atoms with van der Waals surface area (Å²) in [6.07, 6.45) is 0. The molecule has 37 heavy (non-hydrogen) atoms. The van der Waals surface area contributed by atoms with Gasteiger partial charge in [-0.1, -0.05) is 116 Å². The van der Waals surface area contributed by atoms with Crippen LogP contribution in [0.5, 0.6) is 0 Å². The molecular formula is C36H39N. The lowest BCUT2D eigenvalue weighted by Gasteiger charge is -2.44. The van der Waals surface area contributed by atoms with E-state index in [1.807, 2.05) is 0 Å². The molecule has 1 heteroatoms. The van der Waals surface area contributed by atoms with Gasteiger partial charge in [0.25, 0.3) is 0 Å². The van der Waals surface area contributed by atoms with Gasteiger partial charge in [0.05, 0.1) is 0 Å². The van der Waals surface area contributed by atoms with Gasteiger partial charge < -0.3 is 5.32 Å². The Hall–Kier alpha value is -3.32. The topological polar surface area (TPSA) is 12.0 Å². The summed E-state index contributed by atoms with van der Waals surface area (Å²) in [6.45, 7) is 18.9. The van der Waals surface area contributed by atoms with E-state index in [1.165, 1.54) is 44.5 Å². The Bertz CT molecular complexity index is 1430. The summed E-state index contributed by atoms with van der Waals surface area (Å²) in [5.41, 5.74) is 13.6. The van der Waals surface area contributed by atoms with E-state index in [0.717, 1.165) is 11.4 Å². The minimum atomic E-state index is -0.0509. The van der Waals surface area contributed by atoms with Gasteiger partial charge in [-0.3, -0.25) is 0 Å². The molecule has 6 rings (SSSR count). The molecule has 0 aliphatic heterocycles. The Balaban J connectivity index is 1.42. The first-order valence-electron chi connectivity index (χ1n) is 13.6. The van der Waals surface area contributed by atoms with Gasteiger partial charge in [0.2, 0.25) is 0 Å². The quantitative estimate of drug-likeness (QED) is 0.298. The van der Waals surface area contributed by atoms with Crippen LogP contribution in [0.1, 0.15) is 99.9 Å². The van der Waals surface area contributed by atoms with Gasteiger partial charge in [-0.05, 0) is 68.8 Å². The zero-order chi connectivity index (χ0) is 26.4. The van der Waals surface area contributed by atoms with Crippen LogP contribution in [-0.2, 0) is 21.7 Å². The zero-order valence-corrected chi connectivity index (χ0v) is 23.6. The molecule has 0 heterocycles. The normalized spacial score (nSPS) is 19.1. The zero-order valence-electron chi connectivity index (χ0n) is 23.6. The first-order valence-corrected chi connectivity index (χ1v) is 13.6. The van der Waals surface area contributed by atoms with Crippen molar-refractivity contribution in [2.75, 3.05) is 5.32 Å². The molecule has 0 amide bonds. The third-order valence-electron chi connectivity index (χ3n) is 9.57. The second-order valence-corrected chi connectivity index (χ2v) is 13.2. The molecule has 2 aliphatic rings. The van der Waals surface area contributed by atoms with Crippen LogP contribution in [0.4, 0.5) is 11.4 Å². The van der Waals surface area contributed by atoms with E-state index < -0.39 is 0 Å². The molecule has 0 spiro atoms. The number of benzene rings is 4. The van der Waals surface area contributed by atoms with E-state index in [2.05, 4.69) is 146 Å². The summed E-state index contributed by atoms with van der Waals surface area (Å²) < 4.78 is 0. The standard InChI is InChI=1S/C36H39N/c1-33(2)25-13-9-11-15-27(25)35(5,6)31-21-23(17-19-29(31)33)37-24-18-20-30-32(22-24)36(7,8)28-16-12-10-14-26(28)34(30,3)4/h9-22,37H,1-8H3. The Labute approximate surface area is 223 Å². The monoisotopic (exact) mass is 485 g/mol. The Morgan fingerprint density at radius 2 is 0.622 bits per heavy atom. The third kappa shape index (κ3) is 3.29. The number of hydrogen-bond donors (Lipinski definition) is 1. The van der Waals surface area contributed by atoms with Gasteiger partial charge in [0, 0.05) is 33.0 Å². The molecule has 0 aromatic heterocycles. The molecular weight excluding hydrogens is 446 g/mol. The number of hydrogen-bond acceptors (Lipinski definition) is 1. The molecule has 0 atom stereocenters. The fraction of sp³-hybridized carbons (Fsp3) is 0.333. The van der Waals surface area contributed by atoms with E-state index in [1.54, 1.807) is 0 Å². The number of fused-ring (bicyclic) bond motifs is 4. The van der Waals surface area contributed by atoms with Crippen LogP contribution < -0.4 is 5.32 Å². The fourth-order valence-electron chi connectivity index (χ4n) is 7.26. The van der Waals surface area contributed by atoms with Crippen molar-refractivity contribution in [3.8, 4) is 0 Å². The minimum absolute atomic E-state index is 0.0191. The third-order valence-corrected chi connectivity index (χ3v) is 9.57. The van der Waals surface area contributed by atoms with Gasteiger partial charge >= 0.3 is 0 Å². The van der Waals surface area contributed by atoms with Crippen LogP contribution >= 0.6 is 0 Å². The fourth-order valence-corrected chi connectivity index (χ4v) is 7.26. The lowest BCUT2D eigenvalue weighted by Crippen LogP contribution is -2.36. The SMILES string of the molecule is CC1(C)c2ccccc2C(C)(C)c2cc(Nc3ccc4c(c3)C(C)(C)c3ccccc3C4(C)C)ccc21. The lowest BCUT2D eigenvalue weighted by molar-refractivity contribution is 0.520. The number of anilines is 2. The summed E-state index contributed by atoms with van der Waals surface area (Å²) in [6, 6.07) is 31.9. The molecule has 2 aliphatic carbocycles. The summed E-state index contributed by atoms with van der Waals surface area (Å²) in [5.74, 6) is 0. The maximum absolute atomic E-state index is 3.78. The highest BCUT2D eigenvalue weighted by Gasteiger charge is 2.42. The summed E-state index contributed by atoms with van der Waals surface area (Å²) >= 11 is 0. The van der Waals surface area contributed by atoms with Crippen molar-refractivity contribution in [1.82, 2.24) is 0 Å². The van der Waals surface area contributed by atoms with Gasteiger partial charge in [-0.2, -0.15) is 0 Å². The van der Waals surface area contributed by atoms with Crippen molar-refractivity contribution >= 4 is 11.4 Å². The molecule has 0 saturated carbocycles. The second kappa shape index (κ2) is 7.60. The first-order chi connectivity index (χ1) is 17.4. The molecule has 4 aromatic carbocycles. The van der Waals surface area contributed by atoms with Gasteiger partial charge in [0.15, 0.2) is 0 Å². The van der Waals surface area contributed by atoms with E-state index in [9.17, 15) is 0 Å². The smallest absolute Gasteiger partial charge is 0.0387 e. The first kappa shape index (κ1) is 24.0. The number of rotatable bonds is 2. The second-order valence-electron chi connectivity index (χ2n) is 13.2. The predicted octanol–water partition coefficient (Wildman–Crippen LogP) is 9.36. The van der Waals surface area contributed by atoms with E-state index in [4.69, 9.17) is 0 Å². The van der Waals surface area contributed by atoms with Crippen molar-refractivity contribution in [3.63, 3.8) is 0 Å². The molecule has 0 saturated heterocycles. The van der Waals surface area contributed by atoms with Gasteiger partial charge in [-0.25, -0.2) is 0 Å². The van der Waals surface area contributed by atoms with Gasteiger partial charge in [-0.15, -0.1) is 0 Å². The van der Waals surface area contributed by atoms with Crippen LogP contribution in [0.25, 0.3) is 0 Å². The van der Waals surface area contributed by atoms with E-state index >= 15 is 0 Å². The summed E-state index contributed by atoms with van der Waals surface area (Å²) in [7, 11) is 0. The highest BCUT2D eigenvalue weighted by Crippen LogP contribution is 2.52. The van der Waals surface area contributed by atoms with Crippen molar-refractivity contribution in [2.45, 2.75) is 77.0 Å². The molecule has 4 aromatic rings. The van der Waals surface area contributed by atoms with Crippen LogP contribution in [0.3, 0.4) is 0 Å². The van der Waals surface area contributed by atoms with Crippen molar-refractivity contribution in [2.24, 2.45) is 0 Å². The maximum atomic E-state index is 3.78. The maximum Gasteiger partial charge on any atom is 0.0387 e. The summed E-state index contributed by atoms with van der Waals surface area (Å²) in [4.78, 5) is 0. The number of nitrogens with one attached hydrogen (secondary N) is 1. The molecule has 1 nitrogen and oxygen atoms in total. The highest BCUT2D eigenvalue weighted by molar-refractivity contribution is 5.69. The average Bonchev–Trinajstić information content (AvgIpc) is 2.87. The summed E-state index contributed by atoms with van der Waals surface area (Å²) in [5, 5.41) is 3.78. The van der Waals surface area contributed by atoms with Crippen LogP contribution in [-0.4, -0.2) is 0 Å². The molecule has 0 bridgehead atoms. The Morgan fingerprint density at radius 1 is 0.351 bits per heavy atom.